The van der Waals surface area contributed by atoms with Crippen LogP contribution in [0.15, 0.2) is 45.8 Å². The van der Waals surface area contributed by atoms with Gasteiger partial charge in [0.05, 0.1) is 16.5 Å². The molecule has 0 radical (unpaired) electrons. The van der Waals surface area contributed by atoms with Crippen molar-refractivity contribution in [1.29, 1.82) is 0 Å². The normalized spacial score (nSPS) is 15.5. The van der Waals surface area contributed by atoms with E-state index in [9.17, 15) is 13.2 Å². The van der Waals surface area contributed by atoms with Crippen LogP contribution in [0.25, 0.3) is 0 Å². The van der Waals surface area contributed by atoms with Gasteiger partial charge in [-0.05, 0) is 71.2 Å². The third-order valence-corrected chi connectivity index (χ3v) is 7.56. The predicted octanol–water partition coefficient (Wildman–Crippen LogP) is 3.22. The first-order valence-electron chi connectivity index (χ1n) is 8.94. The molecule has 3 rings (SSSR count). The van der Waals surface area contributed by atoms with Gasteiger partial charge in [0.1, 0.15) is 5.75 Å². The number of halogens is 1. The second-order valence-corrected chi connectivity index (χ2v) is 9.58. The van der Waals surface area contributed by atoms with Crippen molar-refractivity contribution in [3.8, 4) is 5.75 Å². The average molecular weight is 467 g/mol. The minimum Gasteiger partial charge on any atom is -0.496 e. The molecule has 0 N–H and O–H groups in total. The summed E-state index contributed by atoms with van der Waals surface area (Å²) >= 11 is 3.39. The minimum atomic E-state index is -3.56. The summed E-state index contributed by atoms with van der Waals surface area (Å²) in [6.07, 6.45) is 0. The number of carbonyl (C=O) groups is 1. The van der Waals surface area contributed by atoms with Gasteiger partial charge >= 0.3 is 0 Å². The molecule has 8 heteroatoms. The largest absolute Gasteiger partial charge is 0.496 e. The molecule has 0 saturated carbocycles. The fourth-order valence-electron chi connectivity index (χ4n) is 3.14. The number of hydrogen-bond donors (Lipinski definition) is 0. The Hall–Kier alpha value is -1.90. The van der Waals surface area contributed by atoms with Crippen LogP contribution in [0.4, 0.5) is 0 Å². The van der Waals surface area contributed by atoms with Gasteiger partial charge in [-0.1, -0.05) is 6.07 Å². The Morgan fingerprint density at radius 2 is 1.68 bits per heavy atom. The summed E-state index contributed by atoms with van der Waals surface area (Å²) in [5.74, 6) is 0.535. The molecular formula is C20H23BrN2O4S. The number of benzene rings is 2. The number of piperazine rings is 1. The molecule has 1 heterocycles. The van der Waals surface area contributed by atoms with E-state index in [-0.39, 0.29) is 19.0 Å². The Balaban J connectivity index is 1.70. The van der Waals surface area contributed by atoms with Crippen LogP contribution in [0.1, 0.15) is 21.5 Å². The van der Waals surface area contributed by atoms with Gasteiger partial charge < -0.3 is 9.64 Å². The summed E-state index contributed by atoms with van der Waals surface area (Å²) < 4.78 is 33.2. The summed E-state index contributed by atoms with van der Waals surface area (Å²) in [6.45, 7) is 5.11. The molecule has 0 atom stereocenters. The van der Waals surface area contributed by atoms with E-state index < -0.39 is 10.0 Å². The summed E-state index contributed by atoms with van der Waals surface area (Å²) in [4.78, 5) is 14.7. The second-order valence-electron chi connectivity index (χ2n) is 6.79. The Bertz CT molecular complexity index is 999. The number of methoxy groups -OCH3 is 1. The predicted molar refractivity (Wildman–Crippen MR) is 111 cm³/mol. The summed E-state index contributed by atoms with van der Waals surface area (Å²) in [7, 11) is -1.99. The fourth-order valence-corrected chi connectivity index (χ4v) is 5.19. The van der Waals surface area contributed by atoms with Gasteiger partial charge in [0.15, 0.2) is 0 Å². The van der Waals surface area contributed by atoms with Crippen LogP contribution in [0.2, 0.25) is 0 Å². The van der Waals surface area contributed by atoms with Crippen molar-refractivity contribution >= 4 is 31.9 Å². The van der Waals surface area contributed by atoms with Crippen LogP contribution in [-0.4, -0.2) is 56.8 Å². The van der Waals surface area contributed by atoms with E-state index in [4.69, 9.17) is 4.74 Å². The van der Waals surface area contributed by atoms with Crippen LogP contribution in [0.3, 0.4) is 0 Å². The number of carbonyl (C=O) groups excluding carboxylic acids is 1. The van der Waals surface area contributed by atoms with Gasteiger partial charge in [0.2, 0.25) is 10.0 Å². The van der Waals surface area contributed by atoms with Crippen molar-refractivity contribution in [2.45, 2.75) is 18.7 Å². The molecule has 1 saturated heterocycles. The molecule has 6 nitrogen and oxygen atoms in total. The number of rotatable bonds is 4. The highest BCUT2D eigenvalue weighted by atomic mass is 79.9. The van der Waals surface area contributed by atoms with E-state index in [2.05, 4.69) is 15.9 Å². The van der Waals surface area contributed by atoms with Crippen molar-refractivity contribution in [3.63, 3.8) is 0 Å². The maximum atomic E-state index is 12.9. The molecule has 28 heavy (non-hydrogen) atoms. The molecule has 0 aliphatic carbocycles. The highest BCUT2D eigenvalue weighted by molar-refractivity contribution is 9.10. The summed E-state index contributed by atoms with van der Waals surface area (Å²) in [5, 5.41) is 0. The highest BCUT2D eigenvalue weighted by Gasteiger charge is 2.30. The van der Waals surface area contributed by atoms with Crippen molar-refractivity contribution in [3.05, 3.63) is 57.6 Å². The number of hydrogen-bond acceptors (Lipinski definition) is 4. The number of ether oxygens (including phenoxy) is 1. The van der Waals surface area contributed by atoms with E-state index in [1.54, 1.807) is 42.3 Å². The summed E-state index contributed by atoms with van der Waals surface area (Å²) in [5.41, 5.74) is 2.54. The standard InChI is InChI=1S/C20H23BrN2O4S/c1-14-4-6-17(12-15(14)2)28(25,26)23-10-8-22(9-11-23)20(24)16-5-7-19(27-3)18(21)13-16/h4-7,12-13H,8-11H2,1-3H3. The maximum absolute atomic E-state index is 12.9. The third kappa shape index (κ3) is 4.09. The van der Waals surface area contributed by atoms with Crippen molar-refractivity contribution in [1.82, 2.24) is 9.21 Å². The minimum absolute atomic E-state index is 0.119. The van der Waals surface area contributed by atoms with Crippen LogP contribution >= 0.6 is 15.9 Å². The second kappa shape index (κ2) is 8.23. The number of nitrogens with zero attached hydrogens (tertiary/aromatic N) is 2. The Kier molecular flexibility index (Phi) is 6.12. The van der Waals surface area contributed by atoms with Gasteiger partial charge in [-0.25, -0.2) is 8.42 Å². The molecule has 2 aromatic rings. The Labute approximate surface area is 174 Å². The Morgan fingerprint density at radius 1 is 1.00 bits per heavy atom. The molecule has 0 unspecified atom stereocenters. The first-order chi connectivity index (χ1) is 13.2. The number of amides is 1. The first kappa shape index (κ1) is 20.8. The van der Waals surface area contributed by atoms with Crippen LogP contribution in [-0.2, 0) is 10.0 Å². The maximum Gasteiger partial charge on any atom is 0.253 e. The quantitative estimate of drug-likeness (QED) is 0.693. The lowest BCUT2D eigenvalue weighted by Crippen LogP contribution is -2.50. The van der Waals surface area contributed by atoms with Crippen molar-refractivity contribution in [2.75, 3.05) is 33.3 Å². The van der Waals surface area contributed by atoms with E-state index in [1.165, 1.54) is 4.31 Å². The van der Waals surface area contributed by atoms with Crippen molar-refractivity contribution in [2.24, 2.45) is 0 Å². The van der Waals surface area contributed by atoms with Gasteiger partial charge in [-0.2, -0.15) is 4.31 Å². The van der Waals surface area contributed by atoms with E-state index >= 15 is 0 Å². The van der Waals surface area contributed by atoms with E-state index in [1.807, 2.05) is 19.9 Å². The molecule has 1 aliphatic heterocycles. The zero-order valence-electron chi connectivity index (χ0n) is 16.1. The van der Waals surface area contributed by atoms with Crippen molar-refractivity contribution < 1.29 is 17.9 Å². The smallest absolute Gasteiger partial charge is 0.253 e. The number of sulfonamides is 1. The van der Waals surface area contributed by atoms with Gasteiger partial charge in [0, 0.05) is 31.7 Å². The van der Waals surface area contributed by atoms with Gasteiger partial charge in [0.25, 0.3) is 5.91 Å². The monoisotopic (exact) mass is 466 g/mol. The topological polar surface area (TPSA) is 66.9 Å². The Morgan fingerprint density at radius 3 is 2.25 bits per heavy atom. The van der Waals surface area contributed by atoms with Gasteiger partial charge in [-0.15, -0.1) is 0 Å². The van der Waals surface area contributed by atoms with Crippen LogP contribution in [0, 0.1) is 13.8 Å². The van der Waals surface area contributed by atoms with E-state index in [0.717, 1.165) is 11.1 Å². The SMILES string of the molecule is COc1ccc(C(=O)N2CCN(S(=O)(=O)c3ccc(C)c(C)c3)CC2)cc1Br. The lowest BCUT2D eigenvalue weighted by Gasteiger charge is -2.34. The van der Waals surface area contributed by atoms with Gasteiger partial charge in [-0.3, -0.25) is 4.79 Å². The molecule has 0 aromatic heterocycles. The molecular weight excluding hydrogens is 444 g/mol. The van der Waals surface area contributed by atoms with Crippen LogP contribution in [0.5, 0.6) is 5.75 Å². The molecule has 0 spiro atoms. The van der Waals surface area contributed by atoms with Crippen LogP contribution < -0.4 is 4.74 Å². The zero-order chi connectivity index (χ0) is 20.5. The molecule has 1 fully saturated rings. The molecule has 150 valence electrons. The third-order valence-electron chi connectivity index (χ3n) is 5.04. The number of aryl methyl sites for hydroxylation is 2. The molecule has 0 bridgehead atoms. The summed E-state index contributed by atoms with van der Waals surface area (Å²) in [6, 6.07) is 10.3. The lowest BCUT2D eigenvalue weighted by atomic mass is 10.1. The lowest BCUT2D eigenvalue weighted by molar-refractivity contribution is 0.0698. The molecule has 1 amide bonds. The molecule has 2 aromatic carbocycles. The van der Waals surface area contributed by atoms with E-state index in [0.29, 0.717) is 33.8 Å². The first-order valence-corrected chi connectivity index (χ1v) is 11.2. The molecule has 1 aliphatic rings. The zero-order valence-corrected chi connectivity index (χ0v) is 18.5. The fraction of sp³-hybridized carbons (Fsp3) is 0.350. The average Bonchev–Trinajstić information content (AvgIpc) is 2.69. The highest BCUT2D eigenvalue weighted by Crippen LogP contribution is 2.26.